The van der Waals surface area contributed by atoms with Gasteiger partial charge in [-0.2, -0.15) is 30.4 Å². The molecule has 21 heteroatoms. The fraction of sp³-hybridized carbons (Fsp3) is 0.120. The Bertz CT molecular complexity index is 2290. The summed E-state index contributed by atoms with van der Waals surface area (Å²) in [6.45, 7) is -0.789. The first-order valence-corrected chi connectivity index (χ1v) is 18.4. The highest BCUT2D eigenvalue weighted by molar-refractivity contribution is 7.91. The highest BCUT2D eigenvalue weighted by Gasteiger charge is 2.25. The van der Waals surface area contributed by atoms with Gasteiger partial charge < -0.3 is 15.7 Å². The number of hydrogen-bond donors (Lipinski definition) is 6. The van der Waals surface area contributed by atoms with Crippen molar-refractivity contribution in [3.05, 3.63) is 66.7 Å². The number of phenols is 1. The lowest BCUT2D eigenvalue weighted by atomic mass is 10.1. The predicted molar refractivity (Wildman–Crippen MR) is 165 cm³/mol. The highest BCUT2D eigenvalue weighted by Crippen LogP contribution is 2.45. The van der Waals surface area contributed by atoms with Gasteiger partial charge in [-0.05, 0) is 66.0 Å². The van der Waals surface area contributed by atoms with Crippen molar-refractivity contribution in [2.75, 3.05) is 30.0 Å². The number of nitrogens with one attached hydrogen (secondary N) is 2. The maximum absolute atomic E-state index is 12.5. The third-order valence-corrected chi connectivity index (χ3v) is 10.0. The van der Waals surface area contributed by atoms with Gasteiger partial charge in [0.25, 0.3) is 20.2 Å². The zero-order chi connectivity index (χ0) is 34.1. The number of azo groups is 1. The van der Waals surface area contributed by atoms with Crippen LogP contribution in [-0.2, 0) is 44.7 Å². The molecule has 0 aromatic heterocycles. The first kappa shape index (κ1) is 34.6. The first-order chi connectivity index (χ1) is 21.3. The van der Waals surface area contributed by atoms with Gasteiger partial charge in [-0.1, -0.05) is 6.07 Å². The maximum Gasteiger partial charge on any atom is 0.397 e. The van der Waals surface area contributed by atoms with Crippen LogP contribution in [0.2, 0.25) is 0 Å². The lowest BCUT2D eigenvalue weighted by molar-refractivity contribution is 0.284. The minimum Gasteiger partial charge on any atom is -0.505 e. The number of aromatic hydroxyl groups is 1. The monoisotopic (exact) mass is 716 g/mol. The van der Waals surface area contributed by atoms with E-state index in [-0.39, 0.29) is 27.0 Å². The Morgan fingerprint density at radius 2 is 1.43 bits per heavy atom. The van der Waals surface area contributed by atoms with Gasteiger partial charge in [-0.3, -0.25) is 13.7 Å². The zero-order valence-electron chi connectivity index (χ0n) is 23.3. The van der Waals surface area contributed by atoms with Crippen LogP contribution in [-0.4, -0.2) is 71.8 Å². The van der Waals surface area contributed by atoms with Gasteiger partial charge in [0.05, 0.1) is 27.8 Å². The molecule has 0 heterocycles. The molecule has 0 aliphatic carbocycles. The quantitative estimate of drug-likeness (QED) is 0.0897. The van der Waals surface area contributed by atoms with E-state index in [9.17, 15) is 47.9 Å². The number of fused-ring (bicyclic) bond motifs is 1. The molecule has 0 saturated heterocycles. The summed E-state index contributed by atoms with van der Waals surface area (Å²) >= 11 is 0. The van der Waals surface area contributed by atoms with E-state index < -0.39 is 74.1 Å². The molecular formula is C25H24N4O13S4. The standard InChI is InChI=1S/C25H24N4O13S4/c1-26-21-14-20(44(33,34)35)11-15-12-22(45(36,37)38)24(25(30)23(15)21)29-28-17-7-5-16(6-8-17)27-18-3-2-4-19(13-18)43(31,32)10-9-42-46(39,40)41/h2-8,11-14,26-27,30H,9-10H2,1H3,(H,33,34,35)(H,36,37,38)(H,39,40,41)/b29-28+. The molecule has 0 atom stereocenters. The van der Waals surface area contributed by atoms with Gasteiger partial charge in [0.15, 0.2) is 15.6 Å². The van der Waals surface area contributed by atoms with Gasteiger partial charge >= 0.3 is 10.4 Å². The second kappa shape index (κ2) is 12.9. The molecule has 0 amide bonds. The van der Waals surface area contributed by atoms with Crippen LogP contribution < -0.4 is 10.6 Å². The molecule has 0 radical (unpaired) electrons. The number of phenolic OH excluding ortho intramolecular Hbond substituents is 1. The molecule has 46 heavy (non-hydrogen) atoms. The minimum absolute atomic E-state index is 0.0142. The average Bonchev–Trinajstić information content (AvgIpc) is 2.95. The summed E-state index contributed by atoms with van der Waals surface area (Å²) in [4.78, 5) is -1.65. The zero-order valence-corrected chi connectivity index (χ0v) is 26.5. The Balaban J connectivity index is 1.62. The number of anilines is 3. The summed E-state index contributed by atoms with van der Waals surface area (Å²) in [6.07, 6.45) is 0. The third-order valence-electron chi connectivity index (χ3n) is 6.17. The van der Waals surface area contributed by atoms with Crippen LogP contribution in [0.3, 0.4) is 0 Å². The van der Waals surface area contributed by atoms with Gasteiger partial charge in [0.2, 0.25) is 0 Å². The second-order valence-electron chi connectivity index (χ2n) is 9.31. The molecule has 0 saturated carbocycles. The summed E-state index contributed by atoms with van der Waals surface area (Å²) in [5.41, 5.74) is 0.260. The molecule has 0 bridgehead atoms. The van der Waals surface area contributed by atoms with Crippen LogP contribution in [0, 0.1) is 0 Å². The van der Waals surface area contributed by atoms with Gasteiger partial charge in [-0.15, -0.1) is 5.11 Å². The predicted octanol–water partition coefficient (Wildman–Crippen LogP) is 3.83. The number of sulfone groups is 1. The van der Waals surface area contributed by atoms with E-state index >= 15 is 0 Å². The molecule has 246 valence electrons. The van der Waals surface area contributed by atoms with Crippen molar-refractivity contribution in [1.29, 1.82) is 0 Å². The fourth-order valence-electron chi connectivity index (χ4n) is 4.12. The summed E-state index contributed by atoms with van der Waals surface area (Å²) < 4.78 is 126. The molecular weight excluding hydrogens is 693 g/mol. The molecule has 17 nitrogen and oxygen atoms in total. The van der Waals surface area contributed by atoms with Gasteiger partial charge in [-0.25, -0.2) is 12.6 Å². The van der Waals surface area contributed by atoms with Crippen molar-refractivity contribution in [3.8, 4) is 5.75 Å². The largest absolute Gasteiger partial charge is 0.505 e. The van der Waals surface area contributed by atoms with E-state index in [2.05, 4.69) is 25.0 Å². The van der Waals surface area contributed by atoms with Gasteiger partial charge in [0, 0.05) is 29.5 Å². The van der Waals surface area contributed by atoms with E-state index in [0.717, 1.165) is 18.2 Å². The Morgan fingerprint density at radius 1 is 0.761 bits per heavy atom. The van der Waals surface area contributed by atoms with E-state index in [1.807, 2.05) is 0 Å². The summed E-state index contributed by atoms with van der Waals surface area (Å²) in [7, 11) is -17.1. The van der Waals surface area contributed by atoms with Crippen LogP contribution in [0.25, 0.3) is 10.8 Å². The van der Waals surface area contributed by atoms with Crippen molar-refractivity contribution in [2.45, 2.75) is 14.7 Å². The molecule has 6 N–H and O–H groups in total. The van der Waals surface area contributed by atoms with E-state index in [0.29, 0.717) is 11.4 Å². The van der Waals surface area contributed by atoms with Crippen molar-refractivity contribution in [1.82, 2.24) is 0 Å². The molecule has 0 fully saturated rings. The summed E-state index contributed by atoms with van der Waals surface area (Å²) in [5, 5.41) is 24.1. The van der Waals surface area contributed by atoms with Crippen LogP contribution in [0.5, 0.6) is 5.75 Å². The minimum atomic E-state index is -5.03. The molecule has 0 aliphatic heterocycles. The highest BCUT2D eigenvalue weighted by atomic mass is 32.3. The summed E-state index contributed by atoms with van der Waals surface area (Å²) in [5.74, 6) is -1.48. The normalized spacial score (nSPS) is 12.9. The number of nitrogens with zero attached hydrogens (tertiary/aromatic N) is 2. The van der Waals surface area contributed by atoms with E-state index in [1.165, 1.54) is 49.5 Å². The Hall–Kier alpha value is -4.22. The van der Waals surface area contributed by atoms with Crippen LogP contribution in [0.4, 0.5) is 28.4 Å². The fourth-order valence-corrected chi connectivity index (χ4v) is 6.85. The van der Waals surface area contributed by atoms with Crippen molar-refractivity contribution in [3.63, 3.8) is 0 Å². The second-order valence-corrected chi connectivity index (χ2v) is 15.3. The van der Waals surface area contributed by atoms with Gasteiger partial charge in [0.1, 0.15) is 10.6 Å². The molecule has 0 unspecified atom stereocenters. The first-order valence-electron chi connectivity index (χ1n) is 12.5. The summed E-state index contributed by atoms with van der Waals surface area (Å²) in [6, 6.07) is 14.2. The van der Waals surface area contributed by atoms with Crippen LogP contribution in [0.15, 0.2) is 91.6 Å². The smallest absolute Gasteiger partial charge is 0.397 e. The SMILES string of the molecule is CNc1cc(S(=O)(=O)O)cc2cc(S(=O)(=O)O)c(/N=N/c3ccc(Nc4cccc(S(=O)(=O)CCOS(=O)(=O)O)c4)cc3)c(O)c12. The van der Waals surface area contributed by atoms with Crippen molar-refractivity contribution >= 4 is 79.7 Å². The number of rotatable bonds is 12. The number of benzene rings is 4. The number of hydrogen-bond acceptors (Lipinski definition) is 14. The Labute approximate surface area is 262 Å². The average molecular weight is 717 g/mol. The van der Waals surface area contributed by atoms with Crippen LogP contribution >= 0.6 is 0 Å². The van der Waals surface area contributed by atoms with Crippen LogP contribution in [0.1, 0.15) is 0 Å². The lowest BCUT2D eigenvalue weighted by Gasteiger charge is -2.13. The van der Waals surface area contributed by atoms with E-state index in [1.54, 1.807) is 6.07 Å². The third kappa shape index (κ3) is 8.32. The molecule has 4 aromatic rings. The van der Waals surface area contributed by atoms with Crippen molar-refractivity contribution < 1.29 is 56.6 Å². The molecule has 4 rings (SSSR count). The molecule has 0 aliphatic rings. The lowest BCUT2D eigenvalue weighted by Crippen LogP contribution is -2.15. The molecule has 4 aromatic carbocycles. The van der Waals surface area contributed by atoms with E-state index in [4.69, 9.17) is 4.55 Å². The molecule has 0 spiro atoms. The maximum atomic E-state index is 12.5. The Morgan fingerprint density at radius 3 is 2.02 bits per heavy atom. The van der Waals surface area contributed by atoms with Crippen molar-refractivity contribution in [2.24, 2.45) is 10.2 Å². The Kier molecular flexibility index (Phi) is 9.70. The topological polar surface area (TPSA) is 275 Å².